The average molecular weight is 450 g/mol. The second-order valence-electron chi connectivity index (χ2n) is 9.30. The van der Waals surface area contributed by atoms with Gasteiger partial charge in [0.15, 0.2) is 0 Å². The maximum Gasteiger partial charge on any atom is 0.419 e. The van der Waals surface area contributed by atoms with Gasteiger partial charge >= 0.3 is 6.09 Å². The molecule has 1 aromatic heterocycles. The molecule has 174 valence electrons. The second-order valence-corrected chi connectivity index (χ2v) is 9.30. The number of hydrogen-bond acceptors (Lipinski definition) is 5. The summed E-state index contributed by atoms with van der Waals surface area (Å²) < 4.78 is 7.30. The molecule has 1 aliphatic rings. The van der Waals surface area contributed by atoms with E-state index in [1.165, 1.54) is 0 Å². The number of nitrogens with zero attached hydrogens (tertiary/aromatic N) is 1. The maximum atomic E-state index is 13.3. The minimum atomic E-state index is -0.662. The van der Waals surface area contributed by atoms with E-state index in [-0.39, 0.29) is 12.5 Å². The number of rotatable bonds is 6. The SMILES string of the molecule is CCc1ccc(-c2cc3cc(CNCCO)ccc3n2C(=O)OC(C)(C)C)c2c1CNC2=O. The Kier molecular flexibility index (Phi) is 6.28. The smallest absolute Gasteiger partial charge is 0.419 e. The van der Waals surface area contributed by atoms with Crippen LogP contribution >= 0.6 is 0 Å². The van der Waals surface area contributed by atoms with E-state index < -0.39 is 11.7 Å². The second kappa shape index (κ2) is 9.00. The summed E-state index contributed by atoms with van der Waals surface area (Å²) in [6.45, 7) is 9.26. The Balaban J connectivity index is 1.90. The van der Waals surface area contributed by atoms with Gasteiger partial charge < -0.3 is 20.5 Å². The molecule has 33 heavy (non-hydrogen) atoms. The number of aromatic nitrogens is 1. The third kappa shape index (κ3) is 4.51. The number of hydrogen-bond donors (Lipinski definition) is 3. The van der Waals surface area contributed by atoms with Gasteiger partial charge in [-0.25, -0.2) is 9.36 Å². The topological polar surface area (TPSA) is 92.6 Å². The van der Waals surface area contributed by atoms with Crippen LogP contribution in [0, 0.1) is 0 Å². The van der Waals surface area contributed by atoms with Gasteiger partial charge in [-0.15, -0.1) is 0 Å². The van der Waals surface area contributed by atoms with Crippen molar-refractivity contribution in [3.63, 3.8) is 0 Å². The molecular formula is C26H31N3O4. The van der Waals surface area contributed by atoms with Crippen molar-refractivity contribution in [2.24, 2.45) is 0 Å². The van der Waals surface area contributed by atoms with Crippen LogP contribution in [0.25, 0.3) is 22.2 Å². The lowest BCUT2D eigenvalue weighted by Gasteiger charge is -2.21. The normalized spacial score (nSPS) is 13.3. The first-order valence-corrected chi connectivity index (χ1v) is 11.4. The molecule has 0 aliphatic carbocycles. The lowest BCUT2D eigenvalue weighted by atomic mass is 9.94. The fourth-order valence-corrected chi connectivity index (χ4v) is 4.34. The van der Waals surface area contributed by atoms with Crippen LogP contribution in [-0.4, -0.2) is 40.4 Å². The number of benzene rings is 2. The highest BCUT2D eigenvalue weighted by atomic mass is 16.6. The molecule has 0 saturated carbocycles. The first-order valence-electron chi connectivity index (χ1n) is 11.4. The lowest BCUT2D eigenvalue weighted by Crippen LogP contribution is -2.27. The molecule has 7 heteroatoms. The largest absolute Gasteiger partial charge is 0.443 e. The van der Waals surface area contributed by atoms with Crippen molar-refractivity contribution < 1.29 is 19.4 Å². The van der Waals surface area contributed by atoms with Crippen molar-refractivity contribution in [2.45, 2.75) is 52.8 Å². The van der Waals surface area contributed by atoms with E-state index >= 15 is 0 Å². The van der Waals surface area contributed by atoms with Gasteiger partial charge in [-0.05, 0) is 62.1 Å². The summed E-state index contributed by atoms with van der Waals surface area (Å²) in [6, 6.07) is 11.8. The van der Waals surface area contributed by atoms with E-state index in [1.807, 2.05) is 57.2 Å². The Bertz CT molecular complexity index is 1220. The molecule has 4 rings (SSSR count). The number of aliphatic hydroxyl groups excluding tert-OH is 1. The number of carbonyl (C=O) groups is 2. The zero-order valence-electron chi connectivity index (χ0n) is 19.6. The zero-order chi connectivity index (χ0) is 23.8. The van der Waals surface area contributed by atoms with Gasteiger partial charge in [-0.2, -0.15) is 0 Å². The minimum absolute atomic E-state index is 0.0718. The number of nitrogens with one attached hydrogen (secondary N) is 2. The van der Waals surface area contributed by atoms with Crippen LogP contribution < -0.4 is 10.6 Å². The molecule has 2 heterocycles. The van der Waals surface area contributed by atoms with E-state index in [2.05, 4.69) is 17.6 Å². The summed E-state index contributed by atoms with van der Waals surface area (Å²) in [6.07, 6.45) is 0.349. The molecule has 0 fully saturated rings. The summed E-state index contributed by atoms with van der Waals surface area (Å²) in [5, 5.41) is 16.0. The maximum absolute atomic E-state index is 13.3. The molecule has 3 aromatic rings. The molecular weight excluding hydrogens is 418 g/mol. The molecule has 0 saturated heterocycles. The average Bonchev–Trinajstić information content (AvgIpc) is 3.33. The standard InChI is InChI=1S/C26H31N3O4/c1-5-17-7-8-19(23-20(17)15-28-24(23)31)22-13-18-12-16(14-27-10-11-30)6-9-21(18)29(22)25(32)33-26(2,3)4/h6-9,12-13,27,30H,5,10-11,14-15H2,1-4H3,(H,28,31). The number of amides is 1. The van der Waals surface area contributed by atoms with E-state index in [0.717, 1.165) is 39.6 Å². The fourth-order valence-electron chi connectivity index (χ4n) is 4.34. The molecule has 0 atom stereocenters. The first kappa shape index (κ1) is 23.0. The van der Waals surface area contributed by atoms with Crippen molar-refractivity contribution in [1.29, 1.82) is 0 Å². The highest BCUT2D eigenvalue weighted by Crippen LogP contribution is 2.36. The van der Waals surface area contributed by atoms with Crippen LogP contribution in [0.2, 0.25) is 0 Å². The van der Waals surface area contributed by atoms with Crippen LogP contribution in [-0.2, 0) is 24.2 Å². The first-order chi connectivity index (χ1) is 15.7. The third-order valence-corrected chi connectivity index (χ3v) is 5.78. The van der Waals surface area contributed by atoms with Crippen LogP contribution in [0.4, 0.5) is 4.79 Å². The van der Waals surface area contributed by atoms with Crippen molar-refractivity contribution in [1.82, 2.24) is 15.2 Å². The van der Waals surface area contributed by atoms with E-state index in [4.69, 9.17) is 9.84 Å². The third-order valence-electron chi connectivity index (χ3n) is 5.78. The Morgan fingerprint density at radius 1 is 1.21 bits per heavy atom. The molecule has 0 bridgehead atoms. The number of carbonyl (C=O) groups excluding carboxylic acids is 2. The van der Waals surface area contributed by atoms with Gasteiger partial charge in [0, 0.05) is 30.6 Å². The van der Waals surface area contributed by atoms with E-state index in [9.17, 15) is 9.59 Å². The van der Waals surface area contributed by atoms with Crippen molar-refractivity contribution in [2.75, 3.05) is 13.2 Å². The Morgan fingerprint density at radius 3 is 2.70 bits per heavy atom. The van der Waals surface area contributed by atoms with Gasteiger partial charge in [0.1, 0.15) is 5.60 Å². The van der Waals surface area contributed by atoms with Gasteiger partial charge in [0.25, 0.3) is 5.91 Å². The molecule has 7 nitrogen and oxygen atoms in total. The number of aryl methyl sites for hydroxylation is 1. The monoisotopic (exact) mass is 449 g/mol. The highest BCUT2D eigenvalue weighted by Gasteiger charge is 2.29. The van der Waals surface area contributed by atoms with Crippen LogP contribution in [0.1, 0.15) is 54.7 Å². The van der Waals surface area contributed by atoms with Gasteiger partial charge in [-0.3, -0.25) is 4.79 Å². The van der Waals surface area contributed by atoms with Crippen molar-refractivity contribution in [3.8, 4) is 11.3 Å². The Morgan fingerprint density at radius 2 is 2.00 bits per heavy atom. The molecule has 0 radical (unpaired) electrons. The van der Waals surface area contributed by atoms with E-state index in [0.29, 0.717) is 30.9 Å². The molecule has 0 spiro atoms. The fraction of sp³-hybridized carbons (Fsp3) is 0.385. The quantitative estimate of drug-likeness (QED) is 0.495. The summed E-state index contributed by atoms with van der Waals surface area (Å²) in [5.74, 6) is -0.120. The number of ether oxygens (including phenoxy) is 1. The lowest BCUT2D eigenvalue weighted by molar-refractivity contribution is 0.0547. The highest BCUT2D eigenvalue weighted by molar-refractivity contribution is 6.07. The molecule has 1 amide bonds. The summed E-state index contributed by atoms with van der Waals surface area (Å²) in [7, 11) is 0. The number of fused-ring (bicyclic) bond motifs is 2. The summed E-state index contributed by atoms with van der Waals surface area (Å²) in [4.78, 5) is 26.1. The van der Waals surface area contributed by atoms with Gasteiger partial charge in [0.05, 0.1) is 23.4 Å². The Hall–Kier alpha value is -3.16. The van der Waals surface area contributed by atoms with Gasteiger partial charge in [-0.1, -0.05) is 25.1 Å². The van der Waals surface area contributed by atoms with Crippen LogP contribution in [0.3, 0.4) is 0 Å². The molecule has 3 N–H and O–H groups in total. The number of aliphatic hydroxyl groups is 1. The molecule has 1 aliphatic heterocycles. The van der Waals surface area contributed by atoms with Gasteiger partial charge in [0.2, 0.25) is 0 Å². The van der Waals surface area contributed by atoms with Crippen LogP contribution in [0.15, 0.2) is 36.4 Å². The molecule has 2 aromatic carbocycles. The summed E-state index contributed by atoms with van der Waals surface area (Å²) in [5.41, 5.74) is 5.20. The molecule has 0 unspecified atom stereocenters. The van der Waals surface area contributed by atoms with Crippen molar-refractivity contribution >= 4 is 22.9 Å². The Labute approximate surface area is 193 Å². The van der Waals surface area contributed by atoms with E-state index in [1.54, 1.807) is 4.57 Å². The summed E-state index contributed by atoms with van der Waals surface area (Å²) >= 11 is 0. The van der Waals surface area contributed by atoms with Crippen LogP contribution in [0.5, 0.6) is 0 Å². The zero-order valence-corrected chi connectivity index (χ0v) is 19.6. The van der Waals surface area contributed by atoms with Crippen molar-refractivity contribution in [3.05, 3.63) is 58.7 Å². The predicted molar refractivity (Wildman–Crippen MR) is 128 cm³/mol. The predicted octanol–water partition coefficient (Wildman–Crippen LogP) is 3.98. The minimum Gasteiger partial charge on any atom is -0.443 e.